The predicted molar refractivity (Wildman–Crippen MR) is 161 cm³/mol. The van der Waals surface area contributed by atoms with E-state index in [9.17, 15) is 18.0 Å². The van der Waals surface area contributed by atoms with Crippen LogP contribution in [0.3, 0.4) is 0 Å². The Morgan fingerprint density at radius 2 is 1.50 bits per heavy atom. The normalized spacial score (nSPS) is 12.2. The van der Waals surface area contributed by atoms with Gasteiger partial charge in [-0.15, -0.1) is 0 Å². The van der Waals surface area contributed by atoms with Crippen LogP contribution in [0, 0.1) is 0 Å². The first kappa shape index (κ1) is 32.3. The van der Waals surface area contributed by atoms with Crippen molar-refractivity contribution >= 4 is 27.5 Å². The second-order valence-corrected chi connectivity index (χ2v) is 12.5. The van der Waals surface area contributed by atoms with Gasteiger partial charge in [0.1, 0.15) is 29.8 Å². The van der Waals surface area contributed by atoms with E-state index in [2.05, 4.69) is 5.32 Å². The predicted octanol–water partition coefficient (Wildman–Crippen LogP) is 4.24. The molecule has 2 amide bonds. The Hall–Kier alpha value is -4.25. The number of methoxy groups -OCH3 is 3. The highest BCUT2D eigenvalue weighted by Gasteiger charge is 2.34. The number of benzene rings is 3. The lowest BCUT2D eigenvalue weighted by atomic mass is 10.1. The van der Waals surface area contributed by atoms with Crippen molar-refractivity contribution in [1.82, 2.24) is 10.2 Å². The van der Waals surface area contributed by atoms with E-state index in [0.717, 1.165) is 4.31 Å². The van der Waals surface area contributed by atoms with Crippen molar-refractivity contribution in [2.45, 2.75) is 50.7 Å². The van der Waals surface area contributed by atoms with Gasteiger partial charge in [-0.3, -0.25) is 13.9 Å². The molecule has 0 saturated carbocycles. The number of hydrogen-bond acceptors (Lipinski definition) is 7. The number of hydrogen-bond donors (Lipinski definition) is 1. The molecule has 3 aromatic carbocycles. The molecule has 42 heavy (non-hydrogen) atoms. The number of ether oxygens (including phenoxy) is 3. The number of sulfonamides is 1. The van der Waals surface area contributed by atoms with Crippen LogP contribution in [-0.4, -0.2) is 64.6 Å². The van der Waals surface area contributed by atoms with Crippen molar-refractivity contribution in [3.63, 3.8) is 0 Å². The van der Waals surface area contributed by atoms with Crippen LogP contribution in [0.25, 0.3) is 0 Å². The Kier molecular flexibility index (Phi) is 10.5. The second-order valence-electron chi connectivity index (χ2n) is 10.7. The first-order valence-electron chi connectivity index (χ1n) is 13.3. The van der Waals surface area contributed by atoms with Gasteiger partial charge in [0.25, 0.3) is 10.0 Å². The number of amides is 2. The minimum Gasteiger partial charge on any atom is -0.497 e. The highest BCUT2D eigenvalue weighted by Crippen LogP contribution is 2.36. The number of carbonyl (C=O) groups excluding carboxylic acids is 2. The van der Waals surface area contributed by atoms with Crippen LogP contribution in [0.5, 0.6) is 17.2 Å². The van der Waals surface area contributed by atoms with Crippen LogP contribution in [0.2, 0.25) is 0 Å². The fourth-order valence-corrected chi connectivity index (χ4v) is 5.69. The molecule has 1 atom stereocenters. The summed E-state index contributed by atoms with van der Waals surface area (Å²) in [5.41, 5.74) is 0.267. The van der Waals surface area contributed by atoms with Crippen LogP contribution >= 0.6 is 0 Å². The summed E-state index contributed by atoms with van der Waals surface area (Å²) >= 11 is 0. The summed E-state index contributed by atoms with van der Waals surface area (Å²) < 4.78 is 45.3. The fourth-order valence-electron chi connectivity index (χ4n) is 4.25. The van der Waals surface area contributed by atoms with Crippen LogP contribution in [0.15, 0.2) is 77.7 Å². The molecule has 3 rings (SSSR count). The van der Waals surface area contributed by atoms with Gasteiger partial charge < -0.3 is 24.4 Å². The molecule has 1 N–H and O–H groups in total. The smallest absolute Gasteiger partial charge is 0.264 e. The van der Waals surface area contributed by atoms with Crippen LogP contribution < -0.4 is 23.8 Å². The molecule has 0 bridgehead atoms. The van der Waals surface area contributed by atoms with Gasteiger partial charge in [-0.05, 0) is 69.7 Å². The largest absolute Gasteiger partial charge is 0.497 e. The molecular weight excluding hydrogens is 558 g/mol. The molecule has 0 aliphatic rings. The number of carbonyl (C=O) groups is 2. The maximum absolute atomic E-state index is 14.2. The highest BCUT2D eigenvalue weighted by atomic mass is 32.2. The van der Waals surface area contributed by atoms with E-state index >= 15 is 0 Å². The minimum atomic E-state index is -4.27. The van der Waals surface area contributed by atoms with Gasteiger partial charge in [-0.2, -0.15) is 0 Å². The quantitative estimate of drug-likeness (QED) is 0.332. The SMILES string of the molecule is COc1cccc(CN(C(=O)CN(c2cc(OC)ccc2OC)S(=O)(=O)c2ccccc2)[C@@H](C)C(=O)NC(C)(C)C)c1. The summed E-state index contributed by atoms with van der Waals surface area (Å²) in [4.78, 5) is 28.8. The topological polar surface area (TPSA) is 114 Å². The van der Waals surface area contributed by atoms with Gasteiger partial charge in [0.05, 0.1) is 31.9 Å². The fraction of sp³-hybridized carbons (Fsp3) is 0.355. The average Bonchev–Trinajstić information content (AvgIpc) is 2.97. The molecule has 0 spiro atoms. The summed E-state index contributed by atoms with van der Waals surface area (Å²) in [6.45, 7) is 6.56. The van der Waals surface area contributed by atoms with Gasteiger partial charge >= 0.3 is 0 Å². The van der Waals surface area contributed by atoms with Crippen molar-refractivity contribution in [2.24, 2.45) is 0 Å². The third-order valence-corrected chi connectivity index (χ3v) is 8.19. The Morgan fingerprint density at radius 3 is 2.10 bits per heavy atom. The summed E-state index contributed by atoms with van der Waals surface area (Å²) in [7, 11) is 0.136. The van der Waals surface area contributed by atoms with Gasteiger partial charge in [-0.1, -0.05) is 30.3 Å². The van der Waals surface area contributed by atoms with Crippen molar-refractivity contribution in [3.05, 3.63) is 78.4 Å². The summed E-state index contributed by atoms with van der Waals surface area (Å²) in [6.07, 6.45) is 0. The van der Waals surface area contributed by atoms with E-state index in [1.54, 1.807) is 61.5 Å². The lowest BCUT2D eigenvalue weighted by Gasteiger charge is -2.33. The number of rotatable bonds is 12. The summed E-state index contributed by atoms with van der Waals surface area (Å²) in [5.74, 6) is 0.202. The maximum atomic E-state index is 14.2. The molecular formula is C31H39N3O7S. The molecule has 0 radical (unpaired) electrons. The Labute approximate surface area is 248 Å². The molecule has 10 nitrogen and oxygen atoms in total. The summed E-state index contributed by atoms with van der Waals surface area (Å²) in [5, 5.41) is 2.91. The van der Waals surface area contributed by atoms with Gasteiger partial charge in [0, 0.05) is 18.2 Å². The van der Waals surface area contributed by atoms with Gasteiger partial charge in [0.15, 0.2) is 0 Å². The molecule has 0 aromatic heterocycles. The zero-order chi connectivity index (χ0) is 31.1. The second kappa shape index (κ2) is 13.6. The Balaban J connectivity index is 2.12. The zero-order valence-corrected chi connectivity index (χ0v) is 25.9. The molecule has 0 heterocycles. The van der Waals surface area contributed by atoms with Crippen molar-refractivity contribution in [2.75, 3.05) is 32.2 Å². The van der Waals surface area contributed by atoms with Crippen LogP contribution in [0.4, 0.5) is 5.69 Å². The molecule has 0 unspecified atom stereocenters. The standard InChI is InChI=1S/C31H39N3O7S/c1-22(30(36)32-31(2,3)4)33(20-23-12-11-13-24(18-23)39-5)29(35)21-34(42(37,38)26-14-9-8-10-15-26)27-19-25(40-6)16-17-28(27)41-7/h8-19,22H,20-21H2,1-7H3,(H,32,36)/t22-/m0/s1. The molecule has 3 aromatic rings. The minimum absolute atomic E-state index is 0.0134. The first-order valence-corrected chi connectivity index (χ1v) is 14.8. The maximum Gasteiger partial charge on any atom is 0.264 e. The lowest BCUT2D eigenvalue weighted by molar-refractivity contribution is -0.140. The van der Waals surface area contributed by atoms with E-state index in [-0.39, 0.29) is 28.8 Å². The highest BCUT2D eigenvalue weighted by molar-refractivity contribution is 7.92. The van der Waals surface area contributed by atoms with E-state index < -0.39 is 34.1 Å². The van der Waals surface area contributed by atoms with Crippen LogP contribution in [-0.2, 0) is 26.2 Å². The third kappa shape index (κ3) is 7.94. The molecule has 226 valence electrons. The molecule has 0 saturated heterocycles. The zero-order valence-electron chi connectivity index (χ0n) is 25.1. The lowest BCUT2D eigenvalue weighted by Crippen LogP contribution is -2.54. The van der Waals surface area contributed by atoms with Crippen molar-refractivity contribution in [3.8, 4) is 17.2 Å². The molecule has 0 aliphatic heterocycles. The van der Waals surface area contributed by atoms with Gasteiger partial charge in [-0.25, -0.2) is 8.42 Å². The number of anilines is 1. The monoisotopic (exact) mass is 597 g/mol. The molecule has 11 heteroatoms. The third-order valence-electron chi connectivity index (χ3n) is 6.42. The Bertz CT molecular complexity index is 1490. The first-order chi connectivity index (χ1) is 19.8. The van der Waals surface area contributed by atoms with E-state index in [0.29, 0.717) is 17.1 Å². The van der Waals surface area contributed by atoms with Crippen LogP contribution in [0.1, 0.15) is 33.3 Å². The van der Waals surface area contributed by atoms with E-state index in [1.165, 1.54) is 44.4 Å². The van der Waals surface area contributed by atoms with E-state index in [1.807, 2.05) is 20.8 Å². The molecule has 0 fully saturated rings. The number of nitrogens with zero attached hydrogens (tertiary/aromatic N) is 2. The Morgan fingerprint density at radius 1 is 0.857 bits per heavy atom. The van der Waals surface area contributed by atoms with Crippen molar-refractivity contribution in [1.29, 1.82) is 0 Å². The molecule has 0 aliphatic carbocycles. The number of nitrogens with one attached hydrogen (secondary N) is 1. The average molecular weight is 598 g/mol. The summed E-state index contributed by atoms with van der Waals surface area (Å²) in [6, 6.07) is 18.7. The van der Waals surface area contributed by atoms with Gasteiger partial charge in [0.2, 0.25) is 11.8 Å². The van der Waals surface area contributed by atoms with E-state index in [4.69, 9.17) is 14.2 Å². The van der Waals surface area contributed by atoms with Crippen molar-refractivity contribution < 1.29 is 32.2 Å².